The molecule has 27 heavy (non-hydrogen) atoms. The Morgan fingerprint density at radius 3 is 2.56 bits per heavy atom. The Labute approximate surface area is 150 Å². The molecule has 1 amide bonds. The molecule has 1 heterocycles. The van der Waals surface area contributed by atoms with Crippen LogP contribution in [0.1, 0.15) is 22.5 Å². The predicted octanol–water partition coefficient (Wildman–Crippen LogP) is 4.69. The molecular formula is C18H12F5N3O. The van der Waals surface area contributed by atoms with Crippen molar-refractivity contribution in [3.05, 3.63) is 71.3 Å². The molecule has 2 aromatic carbocycles. The van der Waals surface area contributed by atoms with Crippen molar-refractivity contribution in [1.29, 1.82) is 0 Å². The van der Waals surface area contributed by atoms with Gasteiger partial charge in [0.05, 0.1) is 11.3 Å². The largest absolute Gasteiger partial charge is 0.319 e. The quantitative estimate of drug-likeness (QED) is 0.667. The van der Waals surface area contributed by atoms with Gasteiger partial charge in [0.15, 0.2) is 11.6 Å². The van der Waals surface area contributed by atoms with Gasteiger partial charge in [-0.05, 0) is 29.8 Å². The summed E-state index contributed by atoms with van der Waals surface area (Å²) >= 11 is 0. The number of benzene rings is 2. The third-order valence-electron chi connectivity index (χ3n) is 3.78. The summed E-state index contributed by atoms with van der Waals surface area (Å²) in [6, 6.07) is 6.98. The zero-order chi connectivity index (χ0) is 19.7. The molecule has 3 aromatic rings. The van der Waals surface area contributed by atoms with Crippen LogP contribution in [-0.2, 0) is 7.05 Å². The summed E-state index contributed by atoms with van der Waals surface area (Å²) in [7, 11) is 1.34. The molecule has 9 heteroatoms. The fraction of sp³-hybridized carbons (Fsp3) is 0.111. The van der Waals surface area contributed by atoms with Crippen molar-refractivity contribution in [2.45, 2.75) is 6.43 Å². The van der Waals surface area contributed by atoms with E-state index in [0.717, 1.165) is 35.1 Å². The molecule has 0 atom stereocenters. The van der Waals surface area contributed by atoms with Crippen LogP contribution in [0, 0.1) is 17.5 Å². The highest BCUT2D eigenvalue weighted by Gasteiger charge is 2.25. The van der Waals surface area contributed by atoms with Crippen molar-refractivity contribution in [3.8, 4) is 11.1 Å². The van der Waals surface area contributed by atoms with Gasteiger partial charge in [-0.1, -0.05) is 12.1 Å². The standard InChI is InChI=1S/C18H12F5N3O/c1-26-8-12(16(25-26)17(22)23)18(27)24-15-11(5-6-13(20)14(15)21)9-3-2-4-10(19)7-9/h2-8,17H,1H3,(H,24,27). The summed E-state index contributed by atoms with van der Waals surface area (Å²) in [5.41, 5.74) is -1.70. The number of halogens is 5. The number of anilines is 1. The third-order valence-corrected chi connectivity index (χ3v) is 3.78. The lowest BCUT2D eigenvalue weighted by molar-refractivity contribution is 0.101. The van der Waals surface area contributed by atoms with Gasteiger partial charge in [-0.15, -0.1) is 0 Å². The van der Waals surface area contributed by atoms with E-state index in [-0.39, 0.29) is 11.1 Å². The van der Waals surface area contributed by atoms with E-state index in [2.05, 4.69) is 10.4 Å². The highest BCUT2D eigenvalue weighted by molar-refractivity contribution is 6.07. The second-order valence-corrected chi connectivity index (χ2v) is 5.65. The monoisotopic (exact) mass is 381 g/mol. The normalized spacial score (nSPS) is 11.1. The zero-order valence-electron chi connectivity index (χ0n) is 13.8. The Kier molecular flexibility index (Phi) is 4.93. The number of hydrogen-bond donors (Lipinski definition) is 1. The van der Waals surface area contributed by atoms with Crippen LogP contribution in [0.15, 0.2) is 42.6 Å². The third kappa shape index (κ3) is 3.67. The summed E-state index contributed by atoms with van der Waals surface area (Å²) in [5.74, 6) is -4.37. The van der Waals surface area contributed by atoms with Crippen LogP contribution < -0.4 is 5.32 Å². The minimum absolute atomic E-state index is 0.00997. The summed E-state index contributed by atoms with van der Waals surface area (Å²) in [6.45, 7) is 0. The summed E-state index contributed by atoms with van der Waals surface area (Å²) in [6.07, 6.45) is -2.00. The molecule has 4 nitrogen and oxygen atoms in total. The second-order valence-electron chi connectivity index (χ2n) is 5.65. The number of rotatable bonds is 4. The molecule has 1 aromatic heterocycles. The van der Waals surface area contributed by atoms with Crippen LogP contribution in [0.25, 0.3) is 11.1 Å². The Bertz CT molecular complexity index is 1020. The van der Waals surface area contributed by atoms with Crippen LogP contribution >= 0.6 is 0 Å². The first kappa shape index (κ1) is 18.6. The molecule has 0 spiro atoms. The van der Waals surface area contributed by atoms with Crippen LogP contribution in [0.3, 0.4) is 0 Å². The van der Waals surface area contributed by atoms with Crippen molar-refractivity contribution in [1.82, 2.24) is 9.78 Å². The smallest absolute Gasteiger partial charge is 0.282 e. The first-order valence-corrected chi connectivity index (χ1v) is 7.65. The van der Waals surface area contributed by atoms with E-state index in [1.807, 2.05) is 0 Å². The van der Waals surface area contributed by atoms with E-state index in [9.17, 15) is 26.7 Å². The van der Waals surface area contributed by atoms with Gasteiger partial charge in [-0.2, -0.15) is 5.10 Å². The van der Waals surface area contributed by atoms with E-state index in [0.29, 0.717) is 0 Å². The van der Waals surface area contributed by atoms with Crippen LogP contribution in [0.5, 0.6) is 0 Å². The second kappa shape index (κ2) is 7.18. The lowest BCUT2D eigenvalue weighted by Crippen LogP contribution is -2.16. The summed E-state index contributed by atoms with van der Waals surface area (Å²) in [5, 5.41) is 5.59. The first-order valence-electron chi connectivity index (χ1n) is 7.65. The van der Waals surface area contributed by atoms with Gasteiger partial charge in [0.25, 0.3) is 12.3 Å². The highest BCUT2D eigenvalue weighted by atomic mass is 19.3. The molecule has 0 aliphatic heterocycles. The molecular weight excluding hydrogens is 369 g/mol. The average molecular weight is 381 g/mol. The minimum Gasteiger partial charge on any atom is -0.319 e. The van der Waals surface area contributed by atoms with Gasteiger partial charge in [-0.3, -0.25) is 9.48 Å². The van der Waals surface area contributed by atoms with Crippen LogP contribution in [0.2, 0.25) is 0 Å². The molecule has 1 N–H and O–H groups in total. The molecule has 0 radical (unpaired) electrons. The van der Waals surface area contributed by atoms with Gasteiger partial charge < -0.3 is 5.32 Å². The van der Waals surface area contributed by atoms with Gasteiger partial charge in [0.2, 0.25) is 0 Å². The van der Waals surface area contributed by atoms with Crippen LogP contribution in [0.4, 0.5) is 27.6 Å². The van der Waals surface area contributed by atoms with Crippen molar-refractivity contribution in [3.63, 3.8) is 0 Å². The predicted molar refractivity (Wildman–Crippen MR) is 87.9 cm³/mol. The number of amides is 1. The maximum atomic E-state index is 14.3. The fourth-order valence-corrected chi connectivity index (χ4v) is 2.59. The fourth-order valence-electron chi connectivity index (χ4n) is 2.59. The maximum Gasteiger partial charge on any atom is 0.282 e. The van der Waals surface area contributed by atoms with E-state index >= 15 is 0 Å². The molecule has 3 rings (SSSR count). The number of nitrogens with zero attached hydrogens (tertiary/aromatic N) is 2. The molecule has 140 valence electrons. The number of aromatic nitrogens is 2. The Morgan fingerprint density at radius 1 is 1.15 bits per heavy atom. The summed E-state index contributed by atoms with van der Waals surface area (Å²) < 4.78 is 68.6. The zero-order valence-corrected chi connectivity index (χ0v) is 13.8. The SMILES string of the molecule is Cn1cc(C(=O)Nc2c(-c3cccc(F)c3)ccc(F)c2F)c(C(F)F)n1. The molecule has 0 aliphatic rings. The molecule has 0 aliphatic carbocycles. The number of alkyl halides is 2. The molecule has 0 unspecified atom stereocenters. The van der Waals surface area contributed by atoms with E-state index in [1.54, 1.807) is 0 Å². The number of aryl methyl sites for hydroxylation is 1. The minimum atomic E-state index is -3.04. The topological polar surface area (TPSA) is 46.9 Å². The van der Waals surface area contributed by atoms with Gasteiger partial charge in [0, 0.05) is 18.8 Å². The molecule has 0 fully saturated rings. The van der Waals surface area contributed by atoms with Crippen molar-refractivity contribution in [2.24, 2.45) is 7.05 Å². The number of nitrogens with one attached hydrogen (secondary N) is 1. The van der Waals surface area contributed by atoms with E-state index < -0.39 is 46.7 Å². The maximum absolute atomic E-state index is 14.3. The molecule has 0 saturated carbocycles. The van der Waals surface area contributed by atoms with Gasteiger partial charge in [0.1, 0.15) is 11.5 Å². The Balaban J connectivity index is 2.07. The van der Waals surface area contributed by atoms with Gasteiger partial charge in [-0.25, -0.2) is 22.0 Å². The number of carbonyl (C=O) groups is 1. The van der Waals surface area contributed by atoms with Crippen molar-refractivity contribution >= 4 is 11.6 Å². The Morgan fingerprint density at radius 2 is 1.89 bits per heavy atom. The number of carbonyl (C=O) groups excluding carboxylic acids is 1. The lowest BCUT2D eigenvalue weighted by Gasteiger charge is -2.13. The van der Waals surface area contributed by atoms with Crippen molar-refractivity contribution < 1.29 is 26.7 Å². The molecule has 0 saturated heterocycles. The highest BCUT2D eigenvalue weighted by Crippen LogP contribution is 2.33. The lowest BCUT2D eigenvalue weighted by atomic mass is 10.0. The summed E-state index contributed by atoms with van der Waals surface area (Å²) in [4.78, 5) is 12.4. The van der Waals surface area contributed by atoms with E-state index in [1.165, 1.54) is 19.2 Å². The molecule has 0 bridgehead atoms. The Hall–Kier alpha value is -3.23. The first-order chi connectivity index (χ1) is 12.8. The average Bonchev–Trinajstić information content (AvgIpc) is 3.01. The van der Waals surface area contributed by atoms with E-state index in [4.69, 9.17) is 0 Å². The van der Waals surface area contributed by atoms with Crippen LogP contribution in [-0.4, -0.2) is 15.7 Å². The van der Waals surface area contributed by atoms with Crippen molar-refractivity contribution in [2.75, 3.05) is 5.32 Å². The van der Waals surface area contributed by atoms with Gasteiger partial charge >= 0.3 is 0 Å². The number of hydrogen-bond acceptors (Lipinski definition) is 2.